The first-order valence-corrected chi connectivity index (χ1v) is 7.06. The first-order valence-electron chi connectivity index (χ1n) is 6.68. The summed E-state index contributed by atoms with van der Waals surface area (Å²) in [6.45, 7) is 5.17. The molecule has 0 fully saturated rings. The zero-order chi connectivity index (χ0) is 14.5. The summed E-state index contributed by atoms with van der Waals surface area (Å²) in [5.41, 5.74) is 3.91. The van der Waals surface area contributed by atoms with E-state index < -0.39 is 0 Å². The van der Waals surface area contributed by atoms with Gasteiger partial charge in [0.15, 0.2) is 0 Å². The van der Waals surface area contributed by atoms with Crippen molar-refractivity contribution in [2.45, 2.75) is 32.9 Å². The highest BCUT2D eigenvalue weighted by Gasteiger charge is 2.15. The van der Waals surface area contributed by atoms with Gasteiger partial charge in [-0.2, -0.15) is 5.10 Å². The molecule has 1 aromatic heterocycles. The van der Waals surface area contributed by atoms with E-state index in [9.17, 15) is 0 Å². The highest BCUT2D eigenvalue weighted by molar-refractivity contribution is 6.30. The topological polar surface area (TPSA) is 68.8 Å². The molecule has 2 aromatic rings. The number of halogens is 1. The van der Waals surface area contributed by atoms with Crippen LogP contribution < -0.4 is 11.3 Å². The molecule has 0 aliphatic carbocycles. The molecule has 0 radical (unpaired) electrons. The van der Waals surface area contributed by atoms with Gasteiger partial charge in [-0.1, -0.05) is 37.6 Å². The molecule has 0 saturated heterocycles. The van der Waals surface area contributed by atoms with Crippen molar-refractivity contribution in [1.82, 2.24) is 20.2 Å². The Hall–Kier alpha value is -1.43. The summed E-state index contributed by atoms with van der Waals surface area (Å²) in [4.78, 5) is 4.33. The van der Waals surface area contributed by atoms with Crippen LogP contribution in [-0.4, -0.2) is 14.8 Å². The molecule has 1 aromatic carbocycles. The van der Waals surface area contributed by atoms with E-state index in [4.69, 9.17) is 17.4 Å². The van der Waals surface area contributed by atoms with Gasteiger partial charge in [0.2, 0.25) is 0 Å². The highest BCUT2D eigenvalue weighted by Crippen LogP contribution is 2.19. The van der Waals surface area contributed by atoms with Gasteiger partial charge in [-0.15, -0.1) is 0 Å². The summed E-state index contributed by atoms with van der Waals surface area (Å²) in [7, 11) is 0. The van der Waals surface area contributed by atoms with Crippen molar-refractivity contribution >= 4 is 11.6 Å². The molecule has 6 heteroatoms. The van der Waals surface area contributed by atoms with Crippen molar-refractivity contribution in [2.24, 2.45) is 11.8 Å². The van der Waals surface area contributed by atoms with Crippen LogP contribution in [0.15, 0.2) is 30.6 Å². The third kappa shape index (κ3) is 3.79. The quantitative estimate of drug-likeness (QED) is 0.633. The fourth-order valence-electron chi connectivity index (χ4n) is 2.10. The number of hydrogen-bond donors (Lipinski definition) is 2. The molecule has 2 rings (SSSR count). The van der Waals surface area contributed by atoms with Crippen LogP contribution in [0.2, 0.25) is 5.02 Å². The van der Waals surface area contributed by atoms with Crippen LogP contribution in [0.4, 0.5) is 0 Å². The molecule has 0 bridgehead atoms. The average Bonchev–Trinajstić information content (AvgIpc) is 2.83. The zero-order valence-electron chi connectivity index (χ0n) is 11.8. The summed E-state index contributed by atoms with van der Waals surface area (Å²) >= 11 is 5.91. The zero-order valence-corrected chi connectivity index (χ0v) is 12.5. The minimum atomic E-state index is -0.0117. The molecule has 0 saturated carbocycles. The second-order valence-electron chi connectivity index (χ2n) is 5.23. The van der Waals surface area contributed by atoms with Crippen molar-refractivity contribution in [2.75, 3.05) is 0 Å². The molecule has 20 heavy (non-hydrogen) atoms. The van der Waals surface area contributed by atoms with Gasteiger partial charge in [-0.3, -0.25) is 11.3 Å². The predicted molar refractivity (Wildman–Crippen MR) is 80.1 cm³/mol. The maximum atomic E-state index is 5.91. The van der Waals surface area contributed by atoms with E-state index in [1.807, 2.05) is 28.9 Å². The second-order valence-corrected chi connectivity index (χ2v) is 5.66. The fourth-order valence-corrected chi connectivity index (χ4v) is 2.22. The van der Waals surface area contributed by atoms with E-state index in [-0.39, 0.29) is 6.04 Å². The number of rotatable bonds is 6. The molecule has 1 heterocycles. The summed E-state index contributed by atoms with van der Waals surface area (Å²) in [6.07, 6.45) is 2.28. The van der Waals surface area contributed by atoms with Crippen molar-refractivity contribution < 1.29 is 0 Å². The second kappa shape index (κ2) is 6.83. The third-order valence-corrected chi connectivity index (χ3v) is 3.35. The van der Waals surface area contributed by atoms with E-state index >= 15 is 0 Å². The largest absolute Gasteiger partial charge is 0.271 e. The molecule has 1 unspecified atom stereocenters. The Morgan fingerprint density at radius 1 is 1.30 bits per heavy atom. The number of nitrogens with two attached hydrogens (primary N) is 1. The minimum Gasteiger partial charge on any atom is -0.271 e. The van der Waals surface area contributed by atoms with E-state index in [1.54, 1.807) is 6.33 Å². The molecule has 5 nitrogen and oxygen atoms in total. The van der Waals surface area contributed by atoms with Crippen molar-refractivity contribution in [1.29, 1.82) is 0 Å². The standard InChI is InChI=1S/C14H20ClN5/c1-10(2)8-20-14(17-9-18-20)7-13(19-16)11-3-5-12(15)6-4-11/h3-6,9-10,13,19H,7-8,16H2,1-2H3. The monoisotopic (exact) mass is 293 g/mol. The number of aromatic nitrogens is 3. The van der Waals surface area contributed by atoms with Gasteiger partial charge in [-0.05, 0) is 23.6 Å². The number of hydrogen-bond acceptors (Lipinski definition) is 4. The summed E-state index contributed by atoms with van der Waals surface area (Å²) in [5.74, 6) is 7.12. The predicted octanol–water partition coefficient (Wildman–Crippen LogP) is 2.33. The first kappa shape index (κ1) is 15.0. The smallest absolute Gasteiger partial charge is 0.138 e. The summed E-state index contributed by atoms with van der Waals surface area (Å²) in [5, 5.41) is 4.98. The molecule has 0 amide bonds. The van der Waals surface area contributed by atoms with Gasteiger partial charge >= 0.3 is 0 Å². The molecule has 0 aliphatic heterocycles. The Labute approximate surface area is 124 Å². The first-order chi connectivity index (χ1) is 9.60. The maximum Gasteiger partial charge on any atom is 0.138 e. The van der Waals surface area contributed by atoms with E-state index in [1.165, 1.54) is 0 Å². The van der Waals surface area contributed by atoms with Gasteiger partial charge in [0, 0.05) is 18.0 Å². The summed E-state index contributed by atoms with van der Waals surface area (Å²) in [6, 6.07) is 7.65. The Bertz CT molecular complexity index is 535. The highest BCUT2D eigenvalue weighted by atomic mass is 35.5. The van der Waals surface area contributed by atoms with Crippen LogP contribution in [0.5, 0.6) is 0 Å². The molecule has 0 spiro atoms. The van der Waals surface area contributed by atoms with E-state index in [0.717, 1.165) is 17.9 Å². The molecule has 1 atom stereocenters. The summed E-state index contributed by atoms with van der Waals surface area (Å²) < 4.78 is 1.94. The van der Waals surface area contributed by atoms with Gasteiger partial charge in [0.05, 0.1) is 6.04 Å². The molecular weight excluding hydrogens is 274 g/mol. The maximum absolute atomic E-state index is 5.91. The normalized spacial score (nSPS) is 12.8. The third-order valence-electron chi connectivity index (χ3n) is 3.09. The van der Waals surface area contributed by atoms with E-state index in [2.05, 4.69) is 29.4 Å². The van der Waals surface area contributed by atoms with Crippen LogP contribution in [0, 0.1) is 5.92 Å². The Morgan fingerprint density at radius 3 is 2.60 bits per heavy atom. The molecule has 108 valence electrons. The number of hydrazine groups is 1. The lowest BCUT2D eigenvalue weighted by molar-refractivity contribution is 0.446. The van der Waals surface area contributed by atoms with Gasteiger partial charge in [0.25, 0.3) is 0 Å². The lowest BCUT2D eigenvalue weighted by Gasteiger charge is -2.17. The lowest BCUT2D eigenvalue weighted by Crippen LogP contribution is -2.30. The Kier molecular flexibility index (Phi) is 5.11. The molecular formula is C14H20ClN5. The van der Waals surface area contributed by atoms with E-state index in [0.29, 0.717) is 17.4 Å². The van der Waals surface area contributed by atoms with Gasteiger partial charge in [0.1, 0.15) is 12.2 Å². The number of nitrogens with one attached hydrogen (secondary N) is 1. The Morgan fingerprint density at radius 2 is 2.00 bits per heavy atom. The van der Waals surface area contributed by atoms with Crippen LogP contribution in [-0.2, 0) is 13.0 Å². The number of benzene rings is 1. The van der Waals surface area contributed by atoms with Crippen LogP contribution in [0.1, 0.15) is 31.3 Å². The van der Waals surface area contributed by atoms with Crippen LogP contribution in [0.25, 0.3) is 0 Å². The van der Waals surface area contributed by atoms with Crippen LogP contribution in [0.3, 0.4) is 0 Å². The lowest BCUT2D eigenvalue weighted by atomic mass is 10.0. The van der Waals surface area contributed by atoms with Crippen molar-refractivity contribution in [3.63, 3.8) is 0 Å². The number of nitrogens with zero attached hydrogens (tertiary/aromatic N) is 3. The van der Waals surface area contributed by atoms with Crippen molar-refractivity contribution in [3.8, 4) is 0 Å². The average molecular weight is 294 g/mol. The fraction of sp³-hybridized carbons (Fsp3) is 0.429. The van der Waals surface area contributed by atoms with Crippen LogP contribution >= 0.6 is 11.6 Å². The van der Waals surface area contributed by atoms with Gasteiger partial charge in [-0.25, -0.2) is 9.67 Å². The molecule has 3 N–H and O–H groups in total. The Balaban J connectivity index is 2.14. The SMILES string of the molecule is CC(C)Cn1ncnc1CC(NN)c1ccc(Cl)cc1. The minimum absolute atomic E-state index is 0.0117. The van der Waals surface area contributed by atoms with Gasteiger partial charge < -0.3 is 0 Å². The van der Waals surface area contributed by atoms with Crippen molar-refractivity contribution in [3.05, 3.63) is 47.0 Å². The molecule has 0 aliphatic rings.